The molecule has 0 atom stereocenters. The molecule has 2 amide bonds. The molecule has 1 aliphatic heterocycles. The van der Waals surface area contributed by atoms with E-state index in [0.29, 0.717) is 36.7 Å². The zero-order valence-corrected chi connectivity index (χ0v) is 17.2. The molecule has 0 aromatic heterocycles. The van der Waals surface area contributed by atoms with E-state index in [9.17, 15) is 22.8 Å². The first kappa shape index (κ1) is 22.7. The highest BCUT2D eigenvalue weighted by Crippen LogP contribution is 2.30. The number of nitrogens with zero attached hydrogens (tertiary/aromatic N) is 1. The second kappa shape index (κ2) is 9.85. The van der Waals surface area contributed by atoms with Crippen molar-refractivity contribution < 1.29 is 27.5 Å². The Morgan fingerprint density at radius 3 is 2.32 bits per heavy atom. The zero-order chi connectivity index (χ0) is 22.4. The molecule has 5 nitrogen and oxygen atoms in total. The lowest BCUT2D eigenvalue weighted by molar-refractivity contribution is -0.137. The summed E-state index contributed by atoms with van der Waals surface area (Å²) in [5.74, 6) is -0.193. The van der Waals surface area contributed by atoms with Gasteiger partial charge in [0, 0.05) is 13.1 Å². The Kier molecular flexibility index (Phi) is 7.20. The summed E-state index contributed by atoms with van der Waals surface area (Å²) in [5, 5.41) is 2.78. The number of carbonyl (C=O) groups excluding carboxylic acids is 2. The third-order valence-electron chi connectivity index (χ3n) is 5.37. The number of nitrogens with one attached hydrogen (secondary N) is 1. The van der Waals surface area contributed by atoms with Crippen molar-refractivity contribution in [2.75, 3.05) is 25.0 Å². The van der Waals surface area contributed by atoms with Crippen LogP contribution in [0.5, 0.6) is 0 Å². The van der Waals surface area contributed by atoms with Crippen molar-refractivity contribution in [3.05, 3.63) is 65.2 Å². The van der Waals surface area contributed by atoms with Gasteiger partial charge < -0.3 is 15.0 Å². The van der Waals surface area contributed by atoms with Gasteiger partial charge in [-0.2, -0.15) is 13.2 Å². The first-order valence-electron chi connectivity index (χ1n) is 10.3. The maximum atomic E-state index is 12.7. The molecule has 1 aliphatic rings. The number of anilines is 1. The second-order valence-electron chi connectivity index (χ2n) is 7.53. The third-order valence-corrected chi connectivity index (χ3v) is 5.37. The van der Waals surface area contributed by atoms with Crippen molar-refractivity contribution >= 4 is 17.7 Å². The SMILES string of the molecule is CCOC(=O)c1ccccc1NC(=O)N1CCC(Cc2ccc(C(F)(F)F)cc2)CC1. The summed E-state index contributed by atoms with van der Waals surface area (Å²) >= 11 is 0. The van der Waals surface area contributed by atoms with Crippen molar-refractivity contribution in [2.45, 2.75) is 32.4 Å². The molecule has 31 heavy (non-hydrogen) atoms. The maximum Gasteiger partial charge on any atom is 0.416 e. The Labute approximate surface area is 179 Å². The molecule has 2 aromatic rings. The van der Waals surface area contributed by atoms with Crippen LogP contribution in [0, 0.1) is 5.92 Å². The Morgan fingerprint density at radius 2 is 1.71 bits per heavy atom. The number of benzene rings is 2. The van der Waals surface area contributed by atoms with Gasteiger partial charge in [-0.25, -0.2) is 9.59 Å². The smallest absolute Gasteiger partial charge is 0.416 e. The molecule has 0 unspecified atom stereocenters. The van der Waals surface area contributed by atoms with Gasteiger partial charge in [-0.15, -0.1) is 0 Å². The number of carbonyl (C=O) groups is 2. The Bertz CT molecular complexity index is 905. The summed E-state index contributed by atoms with van der Waals surface area (Å²) in [4.78, 5) is 26.4. The van der Waals surface area contributed by atoms with E-state index in [1.807, 2.05) is 0 Å². The van der Waals surface area contributed by atoms with E-state index >= 15 is 0 Å². The highest BCUT2D eigenvalue weighted by atomic mass is 19.4. The van der Waals surface area contributed by atoms with Crippen LogP contribution in [-0.2, 0) is 17.3 Å². The van der Waals surface area contributed by atoms with Crippen LogP contribution < -0.4 is 5.32 Å². The number of ether oxygens (including phenoxy) is 1. The average molecular weight is 434 g/mol. The largest absolute Gasteiger partial charge is 0.462 e. The molecule has 0 aliphatic carbocycles. The third kappa shape index (κ3) is 5.99. The lowest BCUT2D eigenvalue weighted by atomic mass is 9.90. The number of para-hydroxylation sites is 1. The number of urea groups is 1. The first-order valence-corrected chi connectivity index (χ1v) is 10.3. The highest BCUT2D eigenvalue weighted by Gasteiger charge is 2.30. The molecular weight excluding hydrogens is 409 g/mol. The summed E-state index contributed by atoms with van der Waals surface area (Å²) in [6.07, 6.45) is -2.13. The highest BCUT2D eigenvalue weighted by molar-refractivity contribution is 6.00. The van der Waals surface area contributed by atoms with Gasteiger partial charge in [0.05, 0.1) is 23.4 Å². The van der Waals surface area contributed by atoms with Crippen molar-refractivity contribution in [3.8, 4) is 0 Å². The van der Waals surface area contributed by atoms with Crippen LogP contribution in [0.15, 0.2) is 48.5 Å². The lowest BCUT2D eigenvalue weighted by Gasteiger charge is -2.32. The average Bonchev–Trinajstić information content (AvgIpc) is 2.74. The minimum atomic E-state index is -4.33. The van der Waals surface area contributed by atoms with Gasteiger partial charge in [0.1, 0.15) is 0 Å². The fourth-order valence-corrected chi connectivity index (χ4v) is 3.68. The molecule has 1 saturated heterocycles. The minimum Gasteiger partial charge on any atom is -0.462 e. The number of likely N-dealkylation sites (tertiary alicyclic amines) is 1. The number of rotatable bonds is 5. The Balaban J connectivity index is 1.53. The van der Waals surface area contributed by atoms with E-state index in [1.54, 1.807) is 36.1 Å². The Hall–Kier alpha value is -3.03. The van der Waals surface area contributed by atoms with Gasteiger partial charge in [0.2, 0.25) is 0 Å². The zero-order valence-electron chi connectivity index (χ0n) is 17.2. The molecular formula is C23H25F3N2O3. The number of piperidine rings is 1. The van der Waals surface area contributed by atoms with Crippen LogP contribution >= 0.6 is 0 Å². The van der Waals surface area contributed by atoms with Gasteiger partial charge in [0.25, 0.3) is 0 Å². The lowest BCUT2D eigenvalue weighted by Crippen LogP contribution is -2.41. The fraction of sp³-hybridized carbons (Fsp3) is 0.391. The summed E-state index contributed by atoms with van der Waals surface area (Å²) in [6, 6.07) is 11.7. The second-order valence-corrected chi connectivity index (χ2v) is 7.53. The van der Waals surface area contributed by atoms with Crippen LogP contribution in [0.2, 0.25) is 0 Å². The molecule has 8 heteroatoms. The van der Waals surface area contributed by atoms with E-state index in [4.69, 9.17) is 4.74 Å². The van der Waals surface area contributed by atoms with Crippen LogP contribution in [0.3, 0.4) is 0 Å². The van der Waals surface area contributed by atoms with Gasteiger partial charge >= 0.3 is 18.2 Å². The van der Waals surface area contributed by atoms with E-state index in [-0.39, 0.29) is 12.6 Å². The van der Waals surface area contributed by atoms with Crippen LogP contribution in [0.1, 0.15) is 41.3 Å². The van der Waals surface area contributed by atoms with Crippen molar-refractivity contribution in [2.24, 2.45) is 5.92 Å². The summed E-state index contributed by atoms with van der Waals surface area (Å²) in [7, 11) is 0. The predicted molar refractivity (Wildman–Crippen MR) is 111 cm³/mol. The monoisotopic (exact) mass is 434 g/mol. The number of hydrogen-bond donors (Lipinski definition) is 1. The van der Waals surface area contributed by atoms with Gasteiger partial charge in [-0.1, -0.05) is 24.3 Å². The van der Waals surface area contributed by atoms with Crippen LogP contribution in [0.25, 0.3) is 0 Å². The topological polar surface area (TPSA) is 58.6 Å². The normalized spacial score (nSPS) is 14.9. The van der Waals surface area contributed by atoms with E-state index in [1.165, 1.54) is 12.1 Å². The standard InChI is InChI=1S/C23H25F3N2O3/c1-2-31-21(29)19-5-3-4-6-20(19)27-22(30)28-13-11-17(12-14-28)15-16-7-9-18(10-8-16)23(24,25)26/h3-10,17H,2,11-15H2,1H3,(H,27,30). The number of halogens is 3. The summed E-state index contributed by atoms with van der Waals surface area (Å²) in [6.45, 7) is 3.04. The molecule has 0 saturated carbocycles. The van der Waals surface area contributed by atoms with Gasteiger partial charge in [0.15, 0.2) is 0 Å². The number of alkyl halides is 3. The molecule has 2 aromatic carbocycles. The predicted octanol–water partition coefficient (Wildman–Crippen LogP) is 5.37. The number of amides is 2. The van der Waals surface area contributed by atoms with Crippen molar-refractivity contribution in [1.82, 2.24) is 4.90 Å². The molecule has 0 radical (unpaired) electrons. The van der Waals surface area contributed by atoms with Crippen molar-refractivity contribution in [3.63, 3.8) is 0 Å². The van der Waals surface area contributed by atoms with E-state index in [0.717, 1.165) is 30.5 Å². The van der Waals surface area contributed by atoms with Crippen molar-refractivity contribution in [1.29, 1.82) is 0 Å². The molecule has 1 fully saturated rings. The molecule has 1 N–H and O–H groups in total. The quantitative estimate of drug-likeness (QED) is 0.644. The molecule has 0 spiro atoms. The molecule has 166 valence electrons. The minimum absolute atomic E-state index is 0.244. The number of esters is 1. The van der Waals surface area contributed by atoms with Crippen LogP contribution in [-0.4, -0.2) is 36.6 Å². The van der Waals surface area contributed by atoms with E-state index in [2.05, 4.69) is 5.32 Å². The first-order chi connectivity index (χ1) is 14.8. The van der Waals surface area contributed by atoms with Gasteiger partial charge in [-0.05, 0) is 61.9 Å². The molecule has 0 bridgehead atoms. The Morgan fingerprint density at radius 1 is 1.06 bits per heavy atom. The molecule has 1 heterocycles. The molecule has 3 rings (SSSR count). The summed E-state index contributed by atoms with van der Waals surface area (Å²) in [5.41, 5.74) is 0.915. The van der Waals surface area contributed by atoms with E-state index < -0.39 is 17.7 Å². The van der Waals surface area contributed by atoms with Gasteiger partial charge in [-0.3, -0.25) is 0 Å². The number of hydrogen-bond acceptors (Lipinski definition) is 3. The summed E-state index contributed by atoms with van der Waals surface area (Å²) < 4.78 is 43.1. The maximum absolute atomic E-state index is 12.7. The van der Waals surface area contributed by atoms with Crippen LogP contribution in [0.4, 0.5) is 23.7 Å². The fourth-order valence-electron chi connectivity index (χ4n) is 3.68.